The van der Waals surface area contributed by atoms with E-state index >= 15 is 0 Å². The Bertz CT molecular complexity index is 1160. The van der Waals surface area contributed by atoms with Crippen LogP contribution in [0.25, 0.3) is 10.8 Å². The SMILES string of the molecule is COc1ccc2c(=O)n([C@H](C)C(N)=O)ccc2c1NC(=O)Cc1ccc(CF)cc1. The lowest BCUT2D eigenvalue weighted by atomic mass is 10.1. The Morgan fingerprint density at radius 1 is 1.10 bits per heavy atom. The van der Waals surface area contributed by atoms with Crippen LogP contribution in [-0.2, 0) is 22.7 Å². The highest BCUT2D eigenvalue weighted by atomic mass is 19.1. The number of pyridine rings is 1. The predicted octanol–water partition coefficient (Wildman–Crippen LogP) is 2.71. The van der Waals surface area contributed by atoms with E-state index in [4.69, 9.17) is 10.5 Å². The normalized spacial score (nSPS) is 11.8. The number of aromatic nitrogens is 1. The van der Waals surface area contributed by atoms with Crippen molar-refractivity contribution in [3.8, 4) is 5.75 Å². The molecule has 2 amide bonds. The average Bonchev–Trinajstić information content (AvgIpc) is 2.74. The van der Waals surface area contributed by atoms with Crippen molar-refractivity contribution in [3.63, 3.8) is 0 Å². The molecule has 0 saturated heterocycles. The lowest BCUT2D eigenvalue weighted by Gasteiger charge is -2.16. The molecule has 8 heteroatoms. The van der Waals surface area contributed by atoms with E-state index in [1.807, 2.05) is 0 Å². The summed E-state index contributed by atoms with van der Waals surface area (Å²) in [6, 6.07) is 10.6. The molecular formula is C22H22FN3O4. The largest absolute Gasteiger partial charge is 0.495 e. The Kier molecular flexibility index (Phi) is 6.15. The van der Waals surface area contributed by atoms with Gasteiger partial charge in [-0.15, -0.1) is 0 Å². The second-order valence-corrected chi connectivity index (χ2v) is 6.89. The van der Waals surface area contributed by atoms with Crippen LogP contribution in [0, 0.1) is 0 Å². The van der Waals surface area contributed by atoms with Gasteiger partial charge in [-0.3, -0.25) is 14.4 Å². The van der Waals surface area contributed by atoms with Crippen LogP contribution in [0.3, 0.4) is 0 Å². The summed E-state index contributed by atoms with van der Waals surface area (Å²) < 4.78 is 19.2. The summed E-state index contributed by atoms with van der Waals surface area (Å²) in [6.45, 7) is 0.974. The molecule has 0 aliphatic carbocycles. The number of hydrogen-bond donors (Lipinski definition) is 2. The number of nitrogens with zero attached hydrogens (tertiary/aromatic N) is 1. The molecule has 7 nitrogen and oxygen atoms in total. The number of carbonyl (C=O) groups excluding carboxylic acids is 2. The maximum atomic E-state index is 12.8. The van der Waals surface area contributed by atoms with Crippen LogP contribution in [-0.4, -0.2) is 23.5 Å². The second kappa shape index (κ2) is 8.77. The molecule has 2 aromatic carbocycles. The van der Waals surface area contributed by atoms with E-state index in [1.54, 1.807) is 42.5 Å². The average molecular weight is 411 g/mol. The second-order valence-electron chi connectivity index (χ2n) is 6.89. The van der Waals surface area contributed by atoms with Crippen molar-refractivity contribution in [1.29, 1.82) is 0 Å². The van der Waals surface area contributed by atoms with E-state index in [1.165, 1.54) is 24.8 Å². The minimum Gasteiger partial charge on any atom is -0.495 e. The molecule has 1 heterocycles. The lowest BCUT2D eigenvalue weighted by Crippen LogP contribution is -2.31. The van der Waals surface area contributed by atoms with Gasteiger partial charge in [0.05, 0.1) is 19.2 Å². The van der Waals surface area contributed by atoms with E-state index in [0.717, 1.165) is 5.56 Å². The van der Waals surface area contributed by atoms with Gasteiger partial charge < -0.3 is 20.4 Å². The molecule has 0 aliphatic heterocycles. The fraction of sp³-hybridized carbons (Fsp3) is 0.227. The minimum atomic E-state index is -0.811. The Morgan fingerprint density at radius 3 is 2.37 bits per heavy atom. The maximum Gasteiger partial charge on any atom is 0.259 e. The van der Waals surface area contributed by atoms with Crippen LogP contribution in [0.15, 0.2) is 53.5 Å². The molecule has 1 atom stereocenters. The molecule has 0 saturated carbocycles. The van der Waals surface area contributed by atoms with Gasteiger partial charge in [0.15, 0.2) is 0 Å². The van der Waals surface area contributed by atoms with Crippen molar-refractivity contribution in [2.24, 2.45) is 5.73 Å². The Balaban J connectivity index is 1.96. The third-order valence-electron chi connectivity index (χ3n) is 4.93. The van der Waals surface area contributed by atoms with Crippen molar-refractivity contribution >= 4 is 28.3 Å². The molecule has 0 spiro atoms. The number of rotatable bonds is 7. The molecule has 0 fully saturated rings. The number of primary amides is 1. The summed E-state index contributed by atoms with van der Waals surface area (Å²) in [4.78, 5) is 36.9. The number of benzene rings is 2. The molecule has 3 aromatic rings. The van der Waals surface area contributed by atoms with Gasteiger partial charge in [0.25, 0.3) is 5.56 Å². The molecule has 30 heavy (non-hydrogen) atoms. The van der Waals surface area contributed by atoms with Gasteiger partial charge in [0.2, 0.25) is 11.8 Å². The van der Waals surface area contributed by atoms with Gasteiger partial charge in [0.1, 0.15) is 18.5 Å². The van der Waals surface area contributed by atoms with E-state index < -0.39 is 24.2 Å². The first-order valence-corrected chi connectivity index (χ1v) is 9.30. The third kappa shape index (κ3) is 4.17. The van der Waals surface area contributed by atoms with Crippen molar-refractivity contribution in [2.45, 2.75) is 26.1 Å². The summed E-state index contributed by atoms with van der Waals surface area (Å²) in [6.07, 6.45) is 1.53. The first-order chi connectivity index (χ1) is 14.3. The Hall–Kier alpha value is -3.68. The van der Waals surface area contributed by atoms with Gasteiger partial charge in [-0.05, 0) is 36.2 Å². The summed E-state index contributed by atoms with van der Waals surface area (Å²) in [7, 11) is 1.46. The zero-order valence-corrected chi connectivity index (χ0v) is 16.6. The van der Waals surface area contributed by atoms with E-state index in [9.17, 15) is 18.8 Å². The molecule has 1 aromatic heterocycles. The fourth-order valence-electron chi connectivity index (χ4n) is 3.18. The van der Waals surface area contributed by atoms with Crippen LogP contribution in [0.5, 0.6) is 5.75 Å². The van der Waals surface area contributed by atoms with Crippen LogP contribution in [0.1, 0.15) is 24.1 Å². The van der Waals surface area contributed by atoms with Crippen LogP contribution in [0.2, 0.25) is 0 Å². The topological polar surface area (TPSA) is 103 Å². The number of halogens is 1. The fourth-order valence-corrected chi connectivity index (χ4v) is 3.18. The van der Waals surface area contributed by atoms with E-state index in [2.05, 4.69) is 5.32 Å². The molecule has 3 rings (SSSR count). The number of methoxy groups -OCH3 is 1. The first kappa shape index (κ1) is 21.0. The smallest absolute Gasteiger partial charge is 0.259 e. The third-order valence-corrected chi connectivity index (χ3v) is 4.93. The van der Waals surface area contributed by atoms with Crippen LogP contribution >= 0.6 is 0 Å². The summed E-state index contributed by atoms with van der Waals surface area (Å²) in [5, 5.41) is 3.60. The summed E-state index contributed by atoms with van der Waals surface area (Å²) in [5.41, 5.74) is 6.53. The van der Waals surface area contributed by atoms with Crippen molar-refractivity contribution in [2.75, 3.05) is 12.4 Å². The van der Waals surface area contributed by atoms with Gasteiger partial charge in [-0.2, -0.15) is 0 Å². The molecular weight excluding hydrogens is 389 g/mol. The minimum absolute atomic E-state index is 0.0713. The number of carbonyl (C=O) groups is 2. The van der Waals surface area contributed by atoms with E-state index in [0.29, 0.717) is 27.8 Å². The van der Waals surface area contributed by atoms with Gasteiger partial charge in [-0.1, -0.05) is 24.3 Å². The van der Waals surface area contributed by atoms with Gasteiger partial charge in [-0.25, -0.2) is 4.39 Å². The Labute approximate surface area is 172 Å². The molecule has 0 unspecified atom stereocenters. The zero-order chi connectivity index (χ0) is 21.8. The first-order valence-electron chi connectivity index (χ1n) is 9.30. The van der Waals surface area contributed by atoms with Crippen molar-refractivity contribution < 1.29 is 18.7 Å². The molecule has 0 aliphatic rings. The summed E-state index contributed by atoms with van der Waals surface area (Å²) >= 11 is 0. The highest BCUT2D eigenvalue weighted by Crippen LogP contribution is 2.32. The van der Waals surface area contributed by atoms with E-state index in [-0.39, 0.29) is 12.3 Å². The molecule has 0 radical (unpaired) electrons. The number of amides is 2. The number of anilines is 1. The number of nitrogens with one attached hydrogen (secondary N) is 1. The predicted molar refractivity (Wildman–Crippen MR) is 112 cm³/mol. The molecule has 156 valence electrons. The van der Waals surface area contributed by atoms with Crippen molar-refractivity contribution in [1.82, 2.24) is 4.57 Å². The number of alkyl halides is 1. The van der Waals surface area contributed by atoms with Crippen LogP contribution < -0.4 is 21.3 Å². The van der Waals surface area contributed by atoms with Gasteiger partial charge in [0, 0.05) is 17.0 Å². The Morgan fingerprint density at radius 2 is 1.77 bits per heavy atom. The maximum absolute atomic E-state index is 12.8. The monoisotopic (exact) mass is 411 g/mol. The number of nitrogens with two attached hydrogens (primary N) is 1. The summed E-state index contributed by atoms with van der Waals surface area (Å²) in [5.74, 6) is -0.551. The quantitative estimate of drug-likeness (QED) is 0.624. The van der Waals surface area contributed by atoms with Crippen molar-refractivity contribution in [3.05, 3.63) is 70.1 Å². The standard InChI is InChI=1S/C22H22FN3O4/c1-13(21(24)28)26-10-9-16-17(22(26)29)7-8-18(30-2)20(16)25-19(27)11-14-3-5-15(12-23)6-4-14/h3-10,13H,11-12H2,1-2H3,(H2,24,28)(H,25,27)/t13-/m1/s1. The number of hydrogen-bond acceptors (Lipinski definition) is 4. The number of ether oxygens (including phenoxy) is 1. The molecule has 0 bridgehead atoms. The zero-order valence-electron chi connectivity index (χ0n) is 16.6. The van der Waals surface area contributed by atoms with Crippen LogP contribution in [0.4, 0.5) is 10.1 Å². The highest BCUT2D eigenvalue weighted by molar-refractivity contribution is 6.05. The molecule has 3 N–H and O–H groups in total. The number of fused-ring (bicyclic) bond motifs is 1. The lowest BCUT2D eigenvalue weighted by molar-refractivity contribution is -0.120. The van der Waals surface area contributed by atoms with Gasteiger partial charge >= 0.3 is 0 Å². The highest BCUT2D eigenvalue weighted by Gasteiger charge is 2.18.